The topological polar surface area (TPSA) is 124 Å². The van der Waals surface area contributed by atoms with Crippen molar-refractivity contribution in [3.8, 4) is 11.5 Å². The van der Waals surface area contributed by atoms with Crippen molar-refractivity contribution in [3.63, 3.8) is 0 Å². The summed E-state index contributed by atoms with van der Waals surface area (Å²) in [6.07, 6.45) is 21.8. The molecule has 0 heterocycles. The van der Waals surface area contributed by atoms with Crippen LogP contribution < -0.4 is 14.4 Å². The van der Waals surface area contributed by atoms with Crippen LogP contribution in [-0.2, 0) is 19.1 Å². The molecule has 0 aliphatic heterocycles. The zero-order valence-corrected chi connectivity index (χ0v) is 41.0. The van der Waals surface area contributed by atoms with Crippen molar-refractivity contribution in [2.45, 2.75) is 164 Å². The summed E-state index contributed by atoms with van der Waals surface area (Å²) >= 11 is 0. The van der Waals surface area contributed by atoms with Gasteiger partial charge in [-0.25, -0.2) is 0 Å². The largest absolute Gasteiger partial charge is 0.497 e. The van der Waals surface area contributed by atoms with Crippen LogP contribution >= 0.6 is 0 Å². The number of rotatable bonds is 33. The van der Waals surface area contributed by atoms with Crippen LogP contribution in [0.25, 0.3) is 0 Å². The molecule has 0 aliphatic rings. The molecule has 0 bridgehead atoms. The summed E-state index contributed by atoms with van der Waals surface area (Å²) < 4.78 is 22.4. The molecule has 11 heteroatoms. The third-order valence-electron chi connectivity index (χ3n) is 12.2. The van der Waals surface area contributed by atoms with Gasteiger partial charge >= 0.3 is 11.9 Å². The highest BCUT2D eigenvalue weighted by atomic mass is 16.5. The second-order valence-corrected chi connectivity index (χ2v) is 18.1. The number of nitrogens with zero attached hydrogens (tertiary/aromatic N) is 5. The summed E-state index contributed by atoms with van der Waals surface area (Å²) in [5.41, 5.74) is 2.86. The number of hydrogen-bond acceptors (Lipinski definition) is 11. The van der Waals surface area contributed by atoms with Crippen molar-refractivity contribution in [3.05, 3.63) is 66.2 Å². The van der Waals surface area contributed by atoms with Gasteiger partial charge in [-0.05, 0) is 114 Å². The highest BCUT2D eigenvalue weighted by Gasteiger charge is 2.43. The van der Waals surface area contributed by atoms with Crippen LogP contribution in [0.15, 0.2) is 81.1 Å². The third kappa shape index (κ3) is 19.1. The Morgan fingerprint density at radius 3 is 1.58 bits per heavy atom. The number of unbranched alkanes of at least 4 members (excludes halogenated alkanes) is 15. The molecule has 11 nitrogen and oxygen atoms in total. The summed E-state index contributed by atoms with van der Waals surface area (Å²) in [6, 6.07) is 18.8. The fraction of sp³-hybridized carbons (Fsp3) is 0.623. The molecule has 0 aromatic heterocycles. The van der Waals surface area contributed by atoms with Crippen LogP contribution in [0.2, 0.25) is 0 Å². The standard InChI is InChI=1S/C53H81N5O6/c1-10-13-14-15-16-17-18-19-20-21-22-23-24-25-26-27-37-63-51(60)53(7,11-2)41-52(5,6)50(59)64-38-36-58(12-3)45-32-28-43(29-33-45)54-56-47-40-49(62-9)48(39-42(47)4)57-55-44-30-34-46(61-8)35-31-44/h28-35,39-40H,10-27,36-38,41H2,1-9H3/b56-54+,57-55+. The molecule has 64 heavy (non-hydrogen) atoms. The van der Waals surface area contributed by atoms with Gasteiger partial charge in [-0.1, -0.05) is 110 Å². The Morgan fingerprint density at radius 1 is 0.578 bits per heavy atom. The summed E-state index contributed by atoms with van der Waals surface area (Å²) in [7, 11) is 3.21. The number of carbonyl (C=O) groups is 2. The highest BCUT2D eigenvalue weighted by Crippen LogP contribution is 2.39. The number of anilines is 1. The second-order valence-electron chi connectivity index (χ2n) is 18.1. The number of carbonyl (C=O) groups excluding carboxylic acids is 2. The summed E-state index contributed by atoms with van der Waals surface area (Å²) in [5, 5.41) is 17.7. The van der Waals surface area contributed by atoms with Crippen molar-refractivity contribution in [1.82, 2.24) is 0 Å². The Bertz CT molecular complexity index is 1840. The van der Waals surface area contributed by atoms with Crippen LogP contribution in [0.5, 0.6) is 11.5 Å². The van der Waals surface area contributed by atoms with Gasteiger partial charge < -0.3 is 23.8 Å². The molecular weight excluding hydrogens is 803 g/mol. The van der Waals surface area contributed by atoms with E-state index in [0.29, 0.717) is 54.5 Å². The Balaban J connectivity index is 1.38. The SMILES string of the molecule is CCCCCCCCCCCCCCCCCCOC(=O)C(C)(CC)CC(C)(C)C(=O)OCCN(CC)c1ccc(/N=N/c2cc(OC)c(/N=N/c3ccc(OC)cc3)cc2C)cc1. The number of azo groups is 2. The number of aryl methyl sites for hydroxylation is 1. The van der Waals surface area contributed by atoms with Gasteiger partial charge in [0.2, 0.25) is 0 Å². The van der Waals surface area contributed by atoms with E-state index >= 15 is 0 Å². The van der Waals surface area contributed by atoms with E-state index in [9.17, 15) is 9.59 Å². The first-order valence-electron chi connectivity index (χ1n) is 24.2. The van der Waals surface area contributed by atoms with Crippen molar-refractivity contribution in [1.29, 1.82) is 0 Å². The quantitative estimate of drug-likeness (QED) is 0.0339. The molecule has 0 fully saturated rings. The zero-order valence-electron chi connectivity index (χ0n) is 41.0. The van der Waals surface area contributed by atoms with Crippen LogP contribution in [-0.4, -0.2) is 52.5 Å². The molecule has 3 aromatic carbocycles. The van der Waals surface area contributed by atoms with Gasteiger partial charge in [0.25, 0.3) is 0 Å². The zero-order chi connectivity index (χ0) is 46.6. The third-order valence-corrected chi connectivity index (χ3v) is 12.2. The van der Waals surface area contributed by atoms with Crippen LogP contribution in [0, 0.1) is 17.8 Å². The normalized spacial score (nSPS) is 12.7. The second kappa shape index (κ2) is 29.6. The molecule has 3 aromatic rings. The maximum Gasteiger partial charge on any atom is 0.311 e. The number of likely N-dealkylation sites (N-methyl/N-ethyl adjacent to an activating group) is 1. The van der Waals surface area contributed by atoms with E-state index in [1.165, 1.54) is 89.9 Å². The number of benzene rings is 3. The summed E-state index contributed by atoms with van der Waals surface area (Å²) in [5.74, 6) is 0.742. The van der Waals surface area contributed by atoms with E-state index < -0.39 is 10.8 Å². The predicted molar refractivity (Wildman–Crippen MR) is 262 cm³/mol. The van der Waals surface area contributed by atoms with Gasteiger partial charge in [-0.3, -0.25) is 9.59 Å². The molecular formula is C53H81N5O6. The van der Waals surface area contributed by atoms with E-state index in [1.807, 2.05) is 89.2 Å². The molecule has 0 saturated heterocycles. The first-order chi connectivity index (χ1) is 30.9. The summed E-state index contributed by atoms with van der Waals surface area (Å²) in [4.78, 5) is 28.9. The molecule has 354 valence electrons. The van der Waals surface area contributed by atoms with Gasteiger partial charge in [0, 0.05) is 18.3 Å². The maximum absolute atomic E-state index is 13.4. The first kappa shape index (κ1) is 53.5. The molecule has 0 amide bonds. The molecule has 0 saturated carbocycles. The molecule has 0 N–H and O–H groups in total. The average molecular weight is 884 g/mol. The first-order valence-corrected chi connectivity index (χ1v) is 24.2. The Labute approximate surface area is 386 Å². The molecule has 0 radical (unpaired) electrons. The monoisotopic (exact) mass is 884 g/mol. The van der Waals surface area contributed by atoms with Gasteiger partial charge in [0.05, 0.1) is 55.3 Å². The maximum atomic E-state index is 13.4. The lowest BCUT2D eigenvalue weighted by Crippen LogP contribution is -2.39. The van der Waals surface area contributed by atoms with E-state index in [4.69, 9.17) is 18.9 Å². The van der Waals surface area contributed by atoms with Gasteiger partial charge in [-0.15, -0.1) is 5.11 Å². The van der Waals surface area contributed by atoms with Crippen molar-refractivity contribution < 1.29 is 28.5 Å². The smallest absolute Gasteiger partial charge is 0.311 e. The van der Waals surface area contributed by atoms with Crippen molar-refractivity contribution in [2.24, 2.45) is 31.3 Å². The highest BCUT2D eigenvalue weighted by molar-refractivity contribution is 5.80. The number of ether oxygens (including phenoxy) is 4. The van der Waals surface area contributed by atoms with Gasteiger partial charge in [0.1, 0.15) is 23.8 Å². The number of hydrogen-bond donors (Lipinski definition) is 0. The molecule has 0 spiro atoms. The minimum atomic E-state index is -0.855. The molecule has 3 rings (SSSR count). The lowest BCUT2D eigenvalue weighted by Gasteiger charge is -2.34. The molecule has 1 atom stereocenters. The average Bonchev–Trinajstić information content (AvgIpc) is 3.30. The minimum absolute atomic E-state index is 0.223. The summed E-state index contributed by atoms with van der Waals surface area (Å²) in [6.45, 7) is 15.8. The van der Waals surface area contributed by atoms with Crippen LogP contribution in [0.4, 0.5) is 28.4 Å². The van der Waals surface area contributed by atoms with E-state index in [-0.39, 0.29) is 18.5 Å². The Morgan fingerprint density at radius 2 is 1.08 bits per heavy atom. The van der Waals surface area contributed by atoms with Crippen LogP contribution in [0.3, 0.4) is 0 Å². The van der Waals surface area contributed by atoms with Crippen molar-refractivity contribution in [2.75, 3.05) is 45.4 Å². The lowest BCUT2D eigenvalue weighted by molar-refractivity contribution is -0.163. The molecule has 0 aliphatic carbocycles. The van der Waals surface area contributed by atoms with E-state index in [0.717, 1.165) is 36.4 Å². The lowest BCUT2D eigenvalue weighted by atomic mass is 9.72. The molecule has 1 unspecified atom stereocenters. The van der Waals surface area contributed by atoms with Crippen LogP contribution in [0.1, 0.15) is 163 Å². The Kier molecular flexibility index (Phi) is 24.8. The van der Waals surface area contributed by atoms with Gasteiger partial charge in [0.15, 0.2) is 0 Å². The van der Waals surface area contributed by atoms with E-state index in [2.05, 4.69) is 39.2 Å². The minimum Gasteiger partial charge on any atom is -0.497 e. The fourth-order valence-electron chi connectivity index (χ4n) is 7.91. The Hall–Kier alpha value is -4.80. The number of methoxy groups -OCH3 is 2. The van der Waals surface area contributed by atoms with E-state index in [1.54, 1.807) is 20.3 Å². The number of esters is 2. The predicted octanol–water partition coefficient (Wildman–Crippen LogP) is 15.8. The van der Waals surface area contributed by atoms with Crippen molar-refractivity contribution >= 4 is 40.4 Å². The van der Waals surface area contributed by atoms with Gasteiger partial charge in [-0.2, -0.15) is 15.3 Å². The fourth-order valence-corrected chi connectivity index (χ4v) is 7.91.